The van der Waals surface area contributed by atoms with Crippen LogP contribution in [0.4, 0.5) is 11.4 Å². The van der Waals surface area contributed by atoms with Crippen molar-refractivity contribution in [3.05, 3.63) is 59.2 Å². The number of likely N-dealkylation sites (tertiary alicyclic amines) is 1. The molecule has 0 saturated carbocycles. The van der Waals surface area contributed by atoms with E-state index in [1.807, 2.05) is 12.4 Å². The maximum Gasteiger partial charge on any atom is 0.180 e. The Balaban J connectivity index is 1.12. The normalized spacial score (nSPS) is 17.8. The van der Waals surface area contributed by atoms with Crippen LogP contribution >= 0.6 is 15.9 Å². The lowest BCUT2D eigenvalue weighted by Gasteiger charge is -2.36. The number of hydrogen-bond acceptors (Lipinski definition) is 8. The first-order chi connectivity index (χ1) is 18.7. The van der Waals surface area contributed by atoms with Gasteiger partial charge in [-0.15, -0.1) is 0 Å². The maximum absolute atomic E-state index is 4.83. The van der Waals surface area contributed by atoms with Crippen molar-refractivity contribution in [3.8, 4) is 11.4 Å². The number of anilines is 2. The molecule has 3 aromatic heterocycles. The first kappa shape index (κ1) is 25.2. The summed E-state index contributed by atoms with van der Waals surface area (Å²) in [5.41, 5.74) is 6.07. The fraction of sp³-hybridized carbons (Fsp3) is 0.429. The van der Waals surface area contributed by atoms with Gasteiger partial charge in [0.15, 0.2) is 5.65 Å². The molecular formula is C28H34BrN9. The molecule has 5 heterocycles. The van der Waals surface area contributed by atoms with Gasteiger partial charge in [0, 0.05) is 87.9 Å². The Bertz CT molecular complexity index is 1340. The van der Waals surface area contributed by atoms with E-state index in [1.54, 1.807) is 12.4 Å². The molecule has 0 atom stereocenters. The third-order valence-electron chi connectivity index (χ3n) is 7.74. The fourth-order valence-corrected chi connectivity index (χ4v) is 5.86. The lowest BCUT2D eigenvalue weighted by molar-refractivity contribution is 0.229. The van der Waals surface area contributed by atoms with E-state index in [0.717, 1.165) is 104 Å². The molecule has 0 radical (unpaired) electrons. The predicted octanol–water partition coefficient (Wildman–Crippen LogP) is 4.40. The van der Waals surface area contributed by atoms with Crippen LogP contribution in [-0.4, -0.2) is 86.6 Å². The average Bonchev–Trinajstić information content (AvgIpc) is 3.41. The summed E-state index contributed by atoms with van der Waals surface area (Å²) in [4.78, 5) is 28.9. The number of aromatic nitrogens is 5. The zero-order valence-corrected chi connectivity index (χ0v) is 23.4. The highest BCUT2D eigenvalue weighted by atomic mass is 79.9. The monoisotopic (exact) mass is 575 g/mol. The molecule has 1 aromatic carbocycles. The van der Waals surface area contributed by atoms with Gasteiger partial charge in [-0.1, -0.05) is 6.92 Å². The number of aromatic amines is 1. The topological polar surface area (TPSA) is 89.1 Å². The number of nitrogens with one attached hydrogen (secondary N) is 2. The smallest absolute Gasteiger partial charge is 0.180 e. The molecule has 2 aliphatic rings. The van der Waals surface area contributed by atoms with E-state index in [2.05, 4.69) is 87.1 Å². The second-order valence-electron chi connectivity index (χ2n) is 10.1. The predicted molar refractivity (Wildman–Crippen MR) is 155 cm³/mol. The van der Waals surface area contributed by atoms with Crippen molar-refractivity contribution in [1.29, 1.82) is 0 Å². The quantitative estimate of drug-likeness (QED) is 0.335. The third-order valence-corrected chi connectivity index (χ3v) is 8.34. The summed E-state index contributed by atoms with van der Waals surface area (Å²) in [6.07, 6.45) is 9.47. The number of hydrogen-bond donors (Lipinski definition) is 2. The summed E-state index contributed by atoms with van der Waals surface area (Å²) >= 11 is 3.71. The second kappa shape index (κ2) is 11.3. The van der Waals surface area contributed by atoms with Crippen LogP contribution in [0.1, 0.15) is 25.5 Å². The van der Waals surface area contributed by atoms with Gasteiger partial charge >= 0.3 is 0 Å². The number of halogens is 1. The molecule has 0 bridgehead atoms. The van der Waals surface area contributed by atoms with Crippen molar-refractivity contribution in [3.63, 3.8) is 0 Å². The summed E-state index contributed by atoms with van der Waals surface area (Å²) in [7, 11) is 0. The van der Waals surface area contributed by atoms with E-state index in [9.17, 15) is 0 Å². The van der Waals surface area contributed by atoms with Gasteiger partial charge in [0.2, 0.25) is 0 Å². The number of pyridine rings is 1. The highest BCUT2D eigenvalue weighted by molar-refractivity contribution is 9.10. The summed E-state index contributed by atoms with van der Waals surface area (Å²) in [5, 5.41) is 3.77. The zero-order chi connectivity index (χ0) is 25.9. The molecule has 2 fully saturated rings. The Morgan fingerprint density at radius 2 is 1.74 bits per heavy atom. The molecule has 0 amide bonds. The van der Waals surface area contributed by atoms with Crippen molar-refractivity contribution in [1.82, 2.24) is 34.7 Å². The van der Waals surface area contributed by atoms with Gasteiger partial charge in [0.25, 0.3) is 0 Å². The molecule has 38 heavy (non-hydrogen) atoms. The third kappa shape index (κ3) is 5.52. The molecule has 0 unspecified atom stereocenters. The van der Waals surface area contributed by atoms with Crippen LogP contribution in [0.25, 0.3) is 22.6 Å². The minimum Gasteiger partial charge on any atom is -0.379 e. The molecule has 10 heteroatoms. The number of H-pyrrole nitrogens is 1. The van der Waals surface area contributed by atoms with Crippen LogP contribution in [0.2, 0.25) is 0 Å². The van der Waals surface area contributed by atoms with Gasteiger partial charge in [-0.05, 0) is 59.6 Å². The van der Waals surface area contributed by atoms with Crippen molar-refractivity contribution >= 4 is 38.5 Å². The number of piperazine rings is 1. The standard InChI is InChI=1S/C28H34BrN9/c1-2-36-11-7-21(8-12-36)33-25-24(29)18-32-28-26(25)34-27(35-28)20-3-5-23(6-4-20)38-15-13-37(14-16-38)19-22-17-30-9-10-31-22/h3-6,9-10,17-18,21H,2,7-8,11-16,19H2,1H3,(H2,32,33,34,35). The molecular weight excluding hydrogens is 542 g/mol. The van der Waals surface area contributed by atoms with Gasteiger partial charge in [-0.2, -0.15) is 0 Å². The number of fused-ring (bicyclic) bond motifs is 1. The van der Waals surface area contributed by atoms with Crippen molar-refractivity contribution in [2.24, 2.45) is 0 Å². The van der Waals surface area contributed by atoms with Gasteiger partial charge in [0.1, 0.15) is 11.3 Å². The number of imidazole rings is 1. The minimum absolute atomic E-state index is 0.451. The number of piperidine rings is 1. The van der Waals surface area contributed by atoms with E-state index in [1.165, 1.54) is 5.69 Å². The van der Waals surface area contributed by atoms with Crippen molar-refractivity contribution in [2.75, 3.05) is 56.0 Å². The number of rotatable bonds is 7. The number of nitrogens with zero attached hydrogens (tertiary/aromatic N) is 7. The fourth-order valence-electron chi connectivity index (χ4n) is 5.44. The van der Waals surface area contributed by atoms with Crippen molar-refractivity contribution in [2.45, 2.75) is 32.4 Å². The summed E-state index contributed by atoms with van der Waals surface area (Å²) < 4.78 is 0.965. The maximum atomic E-state index is 4.83. The molecule has 0 spiro atoms. The Kier molecular flexibility index (Phi) is 7.53. The van der Waals surface area contributed by atoms with Gasteiger partial charge in [-0.25, -0.2) is 9.97 Å². The molecule has 0 aliphatic carbocycles. The molecule has 6 rings (SSSR count). The first-order valence-corrected chi connectivity index (χ1v) is 14.3. The molecule has 2 aliphatic heterocycles. The summed E-state index contributed by atoms with van der Waals surface area (Å²) in [6.45, 7) is 10.5. The highest BCUT2D eigenvalue weighted by Crippen LogP contribution is 2.33. The summed E-state index contributed by atoms with van der Waals surface area (Å²) in [6, 6.07) is 9.16. The van der Waals surface area contributed by atoms with Gasteiger partial charge in [0.05, 0.1) is 15.9 Å². The van der Waals surface area contributed by atoms with Crippen LogP contribution in [0.5, 0.6) is 0 Å². The van der Waals surface area contributed by atoms with Gasteiger partial charge in [-0.3, -0.25) is 14.9 Å². The number of benzene rings is 1. The molecule has 2 N–H and O–H groups in total. The molecule has 4 aromatic rings. The molecule has 2 saturated heterocycles. The first-order valence-electron chi connectivity index (χ1n) is 13.5. The molecule has 198 valence electrons. The zero-order valence-electron chi connectivity index (χ0n) is 21.8. The van der Waals surface area contributed by atoms with Gasteiger partial charge < -0.3 is 20.1 Å². The lowest BCUT2D eigenvalue weighted by atomic mass is 10.0. The van der Waals surface area contributed by atoms with Crippen LogP contribution in [-0.2, 0) is 6.54 Å². The Morgan fingerprint density at radius 1 is 0.947 bits per heavy atom. The molecule has 9 nitrogen and oxygen atoms in total. The Hall–Kier alpha value is -3.08. The lowest BCUT2D eigenvalue weighted by Crippen LogP contribution is -2.46. The highest BCUT2D eigenvalue weighted by Gasteiger charge is 2.22. The van der Waals surface area contributed by atoms with Crippen molar-refractivity contribution < 1.29 is 0 Å². The Labute approximate surface area is 231 Å². The second-order valence-corrected chi connectivity index (χ2v) is 11.0. The van der Waals surface area contributed by atoms with E-state index >= 15 is 0 Å². The summed E-state index contributed by atoms with van der Waals surface area (Å²) in [5.74, 6) is 0.842. The van der Waals surface area contributed by atoms with Crippen LogP contribution < -0.4 is 10.2 Å². The minimum atomic E-state index is 0.451. The van der Waals surface area contributed by atoms with E-state index in [-0.39, 0.29) is 0 Å². The Morgan fingerprint density at radius 3 is 2.45 bits per heavy atom. The van der Waals surface area contributed by atoms with Crippen LogP contribution in [0, 0.1) is 0 Å². The average molecular weight is 577 g/mol. The van der Waals surface area contributed by atoms with E-state index in [4.69, 9.17) is 4.98 Å². The largest absolute Gasteiger partial charge is 0.379 e. The van der Waals surface area contributed by atoms with E-state index < -0.39 is 0 Å². The SMILES string of the molecule is CCN1CCC(Nc2c(Br)cnc3nc(-c4ccc(N5CCN(Cc6cnccn6)CC5)cc4)[nH]c23)CC1. The van der Waals surface area contributed by atoms with Crippen LogP contribution in [0.3, 0.4) is 0 Å². The van der Waals surface area contributed by atoms with E-state index in [0.29, 0.717) is 6.04 Å². The van der Waals surface area contributed by atoms with Crippen LogP contribution in [0.15, 0.2) is 53.5 Å².